The van der Waals surface area contributed by atoms with Gasteiger partial charge < -0.3 is 19.5 Å². The number of carbonyl (C=O) groups is 5. The maximum absolute atomic E-state index is 12.7. The lowest BCUT2D eigenvalue weighted by atomic mass is 10.1. The predicted octanol–water partition coefficient (Wildman–Crippen LogP) is 2.35. The molecule has 2 heterocycles. The number of hydrogen-bond acceptors (Lipinski definition) is 7. The third kappa shape index (κ3) is 5.32. The normalized spacial score (nSPS) is 14.0. The van der Waals surface area contributed by atoms with Gasteiger partial charge in [0.2, 0.25) is 0 Å². The number of para-hydroxylation sites is 1. The summed E-state index contributed by atoms with van der Waals surface area (Å²) in [5, 5.41) is 3.55. The molecule has 0 bridgehead atoms. The largest absolute Gasteiger partial charge is 0.444 e. The van der Waals surface area contributed by atoms with E-state index in [1.165, 1.54) is 6.20 Å². The van der Waals surface area contributed by atoms with Gasteiger partial charge in [0, 0.05) is 43.0 Å². The highest BCUT2D eigenvalue weighted by Gasteiger charge is 2.35. The third-order valence-corrected chi connectivity index (χ3v) is 4.64. The van der Waals surface area contributed by atoms with Crippen molar-refractivity contribution in [3.8, 4) is 0 Å². The van der Waals surface area contributed by atoms with Crippen LogP contribution >= 0.6 is 0 Å². The molecule has 0 atom stereocenters. The number of Topliss-reactive ketones (excluding diaryl/α,β-unsaturated/α-hetero) is 1. The summed E-state index contributed by atoms with van der Waals surface area (Å²) in [5.41, 5.74) is 0.230. The minimum absolute atomic E-state index is 0.0586. The van der Waals surface area contributed by atoms with Crippen LogP contribution in [0.2, 0.25) is 0 Å². The van der Waals surface area contributed by atoms with Gasteiger partial charge in [-0.3, -0.25) is 14.4 Å². The van der Waals surface area contributed by atoms with E-state index in [9.17, 15) is 24.0 Å². The molecule has 1 N–H and O–H groups in total. The van der Waals surface area contributed by atoms with Crippen LogP contribution in [0.3, 0.4) is 0 Å². The summed E-state index contributed by atoms with van der Waals surface area (Å²) in [6.45, 7) is 6.14. The highest BCUT2D eigenvalue weighted by atomic mass is 16.7. The second-order valence-corrected chi connectivity index (χ2v) is 8.33. The van der Waals surface area contributed by atoms with E-state index in [1.54, 1.807) is 49.6 Å². The van der Waals surface area contributed by atoms with Crippen molar-refractivity contribution in [2.24, 2.45) is 0 Å². The standard InChI is InChI=1S/C22H25N3O7/c1-22(2,3)31-21(30)23-11-6-12-24-13-15(14-7-4-5-8-16(14)24)19(28)20(29)32-25-17(26)9-10-18(25)27/h4-5,7-8,13H,6,9-12H2,1-3H3,(H,23,30). The predicted molar refractivity (Wildman–Crippen MR) is 112 cm³/mol. The number of nitrogens with zero attached hydrogens (tertiary/aromatic N) is 2. The van der Waals surface area contributed by atoms with Crippen molar-refractivity contribution in [1.29, 1.82) is 0 Å². The molecule has 1 aromatic carbocycles. The topological polar surface area (TPSA) is 124 Å². The lowest BCUT2D eigenvalue weighted by Crippen LogP contribution is -2.34. The summed E-state index contributed by atoms with van der Waals surface area (Å²) < 4.78 is 6.98. The Kier molecular flexibility index (Phi) is 6.61. The van der Waals surface area contributed by atoms with Gasteiger partial charge in [-0.05, 0) is 33.3 Å². The van der Waals surface area contributed by atoms with Gasteiger partial charge in [0.1, 0.15) is 5.60 Å². The van der Waals surface area contributed by atoms with Gasteiger partial charge in [-0.25, -0.2) is 9.59 Å². The van der Waals surface area contributed by atoms with E-state index < -0.39 is 35.3 Å². The zero-order valence-electron chi connectivity index (χ0n) is 18.2. The Morgan fingerprint density at radius 1 is 1.06 bits per heavy atom. The molecule has 1 aromatic heterocycles. The molecule has 1 aliphatic rings. The number of carbonyl (C=O) groups excluding carboxylic acids is 5. The molecule has 0 spiro atoms. The SMILES string of the molecule is CC(C)(C)OC(=O)NCCCn1cc(C(=O)C(=O)ON2C(=O)CCC2=O)c2ccccc21. The van der Waals surface area contributed by atoms with Gasteiger partial charge in [0.05, 0.1) is 5.56 Å². The first-order chi connectivity index (χ1) is 15.1. The Balaban J connectivity index is 1.68. The summed E-state index contributed by atoms with van der Waals surface area (Å²) in [7, 11) is 0. The fourth-order valence-corrected chi connectivity index (χ4v) is 3.26. The summed E-state index contributed by atoms with van der Waals surface area (Å²) in [6, 6.07) is 7.02. The smallest absolute Gasteiger partial charge is 0.407 e. The molecule has 1 fully saturated rings. The van der Waals surface area contributed by atoms with Crippen LogP contribution in [0.5, 0.6) is 0 Å². The molecule has 0 unspecified atom stereocenters. The molecule has 1 saturated heterocycles. The van der Waals surface area contributed by atoms with Crippen LogP contribution in [0.25, 0.3) is 10.9 Å². The maximum Gasteiger partial charge on any atom is 0.407 e. The number of aromatic nitrogens is 1. The molecule has 1 aliphatic heterocycles. The van der Waals surface area contributed by atoms with Crippen LogP contribution in [0.15, 0.2) is 30.5 Å². The summed E-state index contributed by atoms with van der Waals surface area (Å²) in [4.78, 5) is 64.8. The molecule has 0 saturated carbocycles. The summed E-state index contributed by atoms with van der Waals surface area (Å²) in [5.74, 6) is -3.57. The quantitative estimate of drug-likeness (QED) is 0.301. The van der Waals surface area contributed by atoms with Gasteiger partial charge in [-0.15, -0.1) is 5.06 Å². The number of fused-ring (bicyclic) bond motifs is 1. The molecule has 2 aromatic rings. The number of imide groups is 1. The van der Waals surface area contributed by atoms with E-state index in [-0.39, 0.29) is 18.4 Å². The first-order valence-corrected chi connectivity index (χ1v) is 10.2. The van der Waals surface area contributed by atoms with Crippen molar-refractivity contribution in [2.75, 3.05) is 6.54 Å². The highest BCUT2D eigenvalue weighted by molar-refractivity contribution is 6.43. The number of hydroxylamine groups is 2. The van der Waals surface area contributed by atoms with Crippen LogP contribution < -0.4 is 5.32 Å². The monoisotopic (exact) mass is 443 g/mol. The second-order valence-electron chi connectivity index (χ2n) is 8.33. The number of amides is 3. The van der Waals surface area contributed by atoms with Gasteiger partial charge in [0.15, 0.2) is 0 Å². The van der Waals surface area contributed by atoms with Crippen LogP contribution in [0, 0.1) is 0 Å². The molecule has 32 heavy (non-hydrogen) atoms. The molecular weight excluding hydrogens is 418 g/mol. The van der Waals surface area contributed by atoms with Crippen LogP contribution in [-0.2, 0) is 30.5 Å². The third-order valence-electron chi connectivity index (χ3n) is 4.64. The van der Waals surface area contributed by atoms with Gasteiger partial charge in [-0.2, -0.15) is 0 Å². The molecule has 0 radical (unpaired) electrons. The zero-order chi connectivity index (χ0) is 23.5. The van der Waals surface area contributed by atoms with Gasteiger partial charge in [0.25, 0.3) is 17.6 Å². The van der Waals surface area contributed by atoms with Crippen molar-refractivity contribution >= 4 is 40.6 Å². The van der Waals surface area contributed by atoms with Crippen molar-refractivity contribution in [1.82, 2.24) is 14.9 Å². The number of hydrogen-bond donors (Lipinski definition) is 1. The van der Waals surface area contributed by atoms with E-state index in [0.29, 0.717) is 35.5 Å². The van der Waals surface area contributed by atoms with Crippen LogP contribution in [0.1, 0.15) is 50.4 Å². The highest BCUT2D eigenvalue weighted by Crippen LogP contribution is 2.23. The van der Waals surface area contributed by atoms with Crippen molar-refractivity contribution in [3.05, 3.63) is 36.0 Å². The molecule has 0 aliphatic carbocycles. The van der Waals surface area contributed by atoms with Gasteiger partial charge in [-0.1, -0.05) is 18.2 Å². The number of benzene rings is 1. The average molecular weight is 443 g/mol. The number of rotatable bonds is 7. The Hall–Kier alpha value is -3.69. The Morgan fingerprint density at radius 3 is 2.38 bits per heavy atom. The number of ketones is 1. The molecule has 3 amide bonds. The first-order valence-electron chi connectivity index (χ1n) is 10.2. The minimum Gasteiger partial charge on any atom is -0.444 e. The van der Waals surface area contributed by atoms with Gasteiger partial charge >= 0.3 is 12.1 Å². The second kappa shape index (κ2) is 9.21. The lowest BCUT2D eigenvalue weighted by Gasteiger charge is -2.19. The summed E-state index contributed by atoms with van der Waals surface area (Å²) >= 11 is 0. The van der Waals surface area contributed by atoms with Crippen molar-refractivity contribution in [2.45, 2.75) is 52.2 Å². The van der Waals surface area contributed by atoms with Crippen molar-refractivity contribution in [3.63, 3.8) is 0 Å². The molecule has 10 heteroatoms. The molecular formula is C22H25N3O7. The fraction of sp³-hybridized carbons (Fsp3) is 0.409. The van der Waals surface area contributed by atoms with E-state index in [4.69, 9.17) is 9.57 Å². The summed E-state index contributed by atoms with van der Waals surface area (Å²) in [6.07, 6.45) is 1.44. The maximum atomic E-state index is 12.7. The molecule has 170 valence electrons. The lowest BCUT2D eigenvalue weighted by molar-refractivity contribution is -0.193. The van der Waals surface area contributed by atoms with E-state index in [2.05, 4.69) is 5.32 Å². The average Bonchev–Trinajstić information content (AvgIpc) is 3.24. The van der Waals surface area contributed by atoms with E-state index >= 15 is 0 Å². The number of ether oxygens (including phenoxy) is 1. The zero-order valence-corrected chi connectivity index (χ0v) is 18.2. The molecule has 3 rings (SSSR count). The molecule has 10 nitrogen and oxygen atoms in total. The van der Waals surface area contributed by atoms with Crippen LogP contribution in [0.4, 0.5) is 4.79 Å². The fourth-order valence-electron chi connectivity index (χ4n) is 3.26. The van der Waals surface area contributed by atoms with E-state index in [0.717, 1.165) is 0 Å². The number of alkyl carbamates (subject to hydrolysis) is 1. The van der Waals surface area contributed by atoms with Crippen LogP contribution in [-0.4, -0.2) is 51.4 Å². The van der Waals surface area contributed by atoms with E-state index in [1.807, 2.05) is 0 Å². The number of aryl methyl sites for hydroxylation is 1. The number of nitrogens with one attached hydrogen (secondary N) is 1. The minimum atomic E-state index is -1.30. The Morgan fingerprint density at radius 2 is 1.72 bits per heavy atom. The Labute approximate surface area is 184 Å². The Bertz CT molecular complexity index is 1060. The first kappa shape index (κ1) is 23.0. The van der Waals surface area contributed by atoms with Crippen molar-refractivity contribution < 1.29 is 33.5 Å².